The monoisotopic (exact) mass is 663 g/mol. The smallest absolute Gasteiger partial charge is 0.306 e. The van der Waals surface area contributed by atoms with Gasteiger partial charge in [0.2, 0.25) is 0 Å². The molecule has 0 saturated carbocycles. The summed E-state index contributed by atoms with van der Waals surface area (Å²) < 4.78 is 16.5. The molecule has 6 heteroatoms. The summed E-state index contributed by atoms with van der Waals surface area (Å²) in [5, 5.41) is 0. The second-order valence-corrected chi connectivity index (χ2v) is 13.2. The molecule has 0 bridgehead atoms. The van der Waals surface area contributed by atoms with E-state index in [1.807, 2.05) is 0 Å². The molecule has 6 nitrogen and oxygen atoms in total. The van der Waals surface area contributed by atoms with Crippen molar-refractivity contribution in [2.75, 3.05) is 13.2 Å². The summed E-state index contributed by atoms with van der Waals surface area (Å²) in [5.41, 5.74) is 0. The standard InChI is InChI=1S/C41H74O6/c1-4-7-10-13-16-17-18-19-20-21-22-23-24-26-28-31-34-40(43)46-37-38(36-45-39(42)33-30-27-15-12-9-6-3)47-41(44)35-32-29-25-14-11-8-5-2/h17-18,20-21,38H,4-16,19,22-37H2,1-3H3/b18-17-,21-20-. The Morgan fingerprint density at radius 3 is 1.19 bits per heavy atom. The molecule has 0 N–H and O–H groups in total. The van der Waals surface area contributed by atoms with Gasteiger partial charge in [-0.15, -0.1) is 0 Å². The van der Waals surface area contributed by atoms with Crippen LogP contribution in [-0.2, 0) is 28.6 Å². The lowest BCUT2D eigenvalue weighted by Gasteiger charge is -2.18. The van der Waals surface area contributed by atoms with E-state index < -0.39 is 6.10 Å². The molecule has 0 amide bonds. The topological polar surface area (TPSA) is 78.9 Å². The lowest BCUT2D eigenvalue weighted by molar-refractivity contribution is -0.167. The van der Waals surface area contributed by atoms with Gasteiger partial charge in [-0.3, -0.25) is 14.4 Å². The average Bonchev–Trinajstić information content (AvgIpc) is 3.06. The van der Waals surface area contributed by atoms with E-state index in [1.165, 1.54) is 83.5 Å². The molecule has 0 aromatic carbocycles. The third-order valence-corrected chi connectivity index (χ3v) is 8.46. The summed E-state index contributed by atoms with van der Waals surface area (Å²) in [7, 11) is 0. The summed E-state index contributed by atoms with van der Waals surface area (Å²) in [6, 6.07) is 0. The van der Waals surface area contributed by atoms with Gasteiger partial charge in [-0.25, -0.2) is 0 Å². The summed E-state index contributed by atoms with van der Waals surface area (Å²) >= 11 is 0. The van der Waals surface area contributed by atoms with Gasteiger partial charge in [-0.05, 0) is 51.4 Å². The van der Waals surface area contributed by atoms with Gasteiger partial charge in [0, 0.05) is 19.3 Å². The van der Waals surface area contributed by atoms with Crippen molar-refractivity contribution in [2.45, 2.75) is 207 Å². The first kappa shape index (κ1) is 44.9. The van der Waals surface area contributed by atoms with E-state index in [9.17, 15) is 14.4 Å². The van der Waals surface area contributed by atoms with Crippen LogP contribution >= 0.6 is 0 Å². The maximum absolute atomic E-state index is 12.5. The SMILES string of the molecule is CCCCCC/C=C\C/C=C\CCCCCCCC(=O)OCC(COC(=O)CCCCCCCC)OC(=O)CCCCCCCCC. The van der Waals surface area contributed by atoms with Crippen molar-refractivity contribution in [3.63, 3.8) is 0 Å². The fourth-order valence-electron chi connectivity index (χ4n) is 5.41. The van der Waals surface area contributed by atoms with Crippen LogP contribution in [-0.4, -0.2) is 37.2 Å². The van der Waals surface area contributed by atoms with E-state index in [1.54, 1.807) is 0 Å². The van der Waals surface area contributed by atoms with Crippen molar-refractivity contribution in [1.82, 2.24) is 0 Å². The van der Waals surface area contributed by atoms with Crippen molar-refractivity contribution in [2.24, 2.45) is 0 Å². The van der Waals surface area contributed by atoms with Gasteiger partial charge < -0.3 is 14.2 Å². The minimum Gasteiger partial charge on any atom is -0.462 e. The molecule has 0 aromatic heterocycles. The zero-order chi connectivity index (χ0) is 34.5. The van der Waals surface area contributed by atoms with Crippen LogP contribution in [0.1, 0.15) is 201 Å². The Morgan fingerprint density at radius 1 is 0.426 bits per heavy atom. The molecule has 1 unspecified atom stereocenters. The van der Waals surface area contributed by atoms with Crippen LogP contribution in [0.25, 0.3) is 0 Å². The quantitative estimate of drug-likeness (QED) is 0.0291. The number of ether oxygens (including phenoxy) is 3. The number of hydrogen-bond acceptors (Lipinski definition) is 6. The van der Waals surface area contributed by atoms with Gasteiger partial charge in [0.05, 0.1) is 0 Å². The van der Waals surface area contributed by atoms with Crippen molar-refractivity contribution < 1.29 is 28.6 Å². The van der Waals surface area contributed by atoms with Crippen LogP contribution in [0, 0.1) is 0 Å². The van der Waals surface area contributed by atoms with Gasteiger partial charge in [-0.2, -0.15) is 0 Å². The lowest BCUT2D eigenvalue weighted by Crippen LogP contribution is -2.30. The van der Waals surface area contributed by atoms with Crippen LogP contribution < -0.4 is 0 Å². The molecule has 0 aromatic rings. The van der Waals surface area contributed by atoms with Crippen molar-refractivity contribution >= 4 is 17.9 Å². The molecule has 0 fully saturated rings. The highest BCUT2D eigenvalue weighted by Crippen LogP contribution is 2.12. The molecule has 274 valence electrons. The summed E-state index contributed by atoms with van der Waals surface area (Å²) in [6.07, 6.45) is 37.6. The Balaban J connectivity index is 4.24. The Hall–Kier alpha value is -2.11. The van der Waals surface area contributed by atoms with Crippen molar-refractivity contribution in [1.29, 1.82) is 0 Å². The fraction of sp³-hybridized carbons (Fsp3) is 0.829. The number of carbonyl (C=O) groups excluding carboxylic acids is 3. The van der Waals surface area contributed by atoms with Crippen LogP contribution in [0.5, 0.6) is 0 Å². The van der Waals surface area contributed by atoms with E-state index in [0.29, 0.717) is 19.3 Å². The maximum Gasteiger partial charge on any atom is 0.306 e. The summed E-state index contributed by atoms with van der Waals surface area (Å²) in [5.74, 6) is -0.908. The fourth-order valence-corrected chi connectivity index (χ4v) is 5.41. The molecule has 0 aliphatic rings. The zero-order valence-corrected chi connectivity index (χ0v) is 31.0. The third-order valence-electron chi connectivity index (χ3n) is 8.46. The first-order chi connectivity index (χ1) is 23.0. The molecule has 0 saturated heterocycles. The molecule has 0 heterocycles. The number of carbonyl (C=O) groups is 3. The van der Waals surface area contributed by atoms with Gasteiger partial charge >= 0.3 is 17.9 Å². The van der Waals surface area contributed by atoms with E-state index >= 15 is 0 Å². The molecule has 1 atom stereocenters. The highest BCUT2D eigenvalue weighted by atomic mass is 16.6. The second-order valence-electron chi connectivity index (χ2n) is 13.2. The minimum atomic E-state index is -0.765. The van der Waals surface area contributed by atoms with E-state index in [-0.39, 0.29) is 31.1 Å². The van der Waals surface area contributed by atoms with Crippen LogP contribution in [0.2, 0.25) is 0 Å². The van der Waals surface area contributed by atoms with Crippen LogP contribution in [0.3, 0.4) is 0 Å². The maximum atomic E-state index is 12.5. The van der Waals surface area contributed by atoms with Gasteiger partial charge in [0.25, 0.3) is 0 Å². The molecular formula is C41H74O6. The molecular weight excluding hydrogens is 588 g/mol. The predicted octanol–water partition coefficient (Wildman–Crippen LogP) is 12.1. The third kappa shape index (κ3) is 35.0. The Kier molecular flexibility index (Phi) is 35.1. The number of esters is 3. The number of unbranched alkanes of at least 4 members (excludes halogenated alkanes) is 20. The summed E-state index contributed by atoms with van der Waals surface area (Å²) in [4.78, 5) is 37.2. The normalized spacial score (nSPS) is 12.1. The second kappa shape index (κ2) is 36.7. The van der Waals surface area contributed by atoms with Crippen molar-refractivity contribution in [3.8, 4) is 0 Å². The number of allylic oxidation sites excluding steroid dienone is 4. The first-order valence-corrected chi connectivity index (χ1v) is 19.8. The minimum absolute atomic E-state index is 0.0749. The van der Waals surface area contributed by atoms with Gasteiger partial charge in [0.15, 0.2) is 6.10 Å². The Labute approximate surface area is 290 Å². The number of hydrogen-bond donors (Lipinski definition) is 0. The predicted molar refractivity (Wildman–Crippen MR) is 196 cm³/mol. The molecule has 0 radical (unpaired) electrons. The molecule has 47 heavy (non-hydrogen) atoms. The summed E-state index contributed by atoms with van der Waals surface area (Å²) in [6.45, 7) is 6.48. The first-order valence-electron chi connectivity index (χ1n) is 19.8. The van der Waals surface area contributed by atoms with E-state index in [0.717, 1.165) is 77.0 Å². The molecule has 0 rings (SSSR count). The van der Waals surface area contributed by atoms with Crippen LogP contribution in [0.15, 0.2) is 24.3 Å². The Morgan fingerprint density at radius 2 is 0.766 bits per heavy atom. The average molecular weight is 663 g/mol. The lowest BCUT2D eigenvalue weighted by atomic mass is 10.1. The van der Waals surface area contributed by atoms with Crippen molar-refractivity contribution in [3.05, 3.63) is 24.3 Å². The highest BCUT2D eigenvalue weighted by Gasteiger charge is 2.19. The van der Waals surface area contributed by atoms with Gasteiger partial charge in [0.1, 0.15) is 13.2 Å². The molecule has 0 aliphatic carbocycles. The van der Waals surface area contributed by atoms with E-state index in [2.05, 4.69) is 45.1 Å². The van der Waals surface area contributed by atoms with Gasteiger partial charge in [-0.1, -0.05) is 154 Å². The highest BCUT2D eigenvalue weighted by molar-refractivity contribution is 5.71. The zero-order valence-electron chi connectivity index (χ0n) is 31.0. The number of rotatable bonds is 35. The largest absolute Gasteiger partial charge is 0.462 e. The molecule has 0 spiro atoms. The van der Waals surface area contributed by atoms with Crippen LogP contribution in [0.4, 0.5) is 0 Å². The Bertz CT molecular complexity index is 774. The molecule has 0 aliphatic heterocycles. The van der Waals surface area contributed by atoms with E-state index in [4.69, 9.17) is 14.2 Å².